The van der Waals surface area contributed by atoms with E-state index in [1.165, 1.54) is 25.7 Å². The van der Waals surface area contributed by atoms with Crippen molar-refractivity contribution in [2.45, 2.75) is 25.7 Å². The van der Waals surface area contributed by atoms with E-state index in [4.69, 9.17) is 0 Å². The first-order valence-electron chi connectivity index (χ1n) is 3.38. The SMILES string of the molecule is [Os][C]1=CCCC=CCC1. The van der Waals surface area contributed by atoms with Crippen LogP contribution in [-0.2, 0) is 18.6 Å². The van der Waals surface area contributed by atoms with E-state index in [2.05, 4.69) is 18.2 Å². The van der Waals surface area contributed by atoms with E-state index in [9.17, 15) is 0 Å². The molecule has 0 aromatic heterocycles. The molecule has 0 N–H and O–H groups in total. The second kappa shape index (κ2) is 4.02. The third-order valence-electron chi connectivity index (χ3n) is 1.40. The zero-order valence-electron chi connectivity index (χ0n) is 5.41. The summed E-state index contributed by atoms with van der Waals surface area (Å²) in [6, 6.07) is 0. The van der Waals surface area contributed by atoms with Crippen LogP contribution in [-0.4, -0.2) is 0 Å². The van der Waals surface area contributed by atoms with Crippen LogP contribution in [0, 0.1) is 0 Å². The molecule has 0 aromatic carbocycles. The normalized spacial score (nSPS) is 20.3. The Morgan fingerprint density at radius 2 is 1.89 bits per heavy atom. The molecule has 0 atom stereocenters. The van der Waals surface area contributed by atoms with Gasteiger partial charge in [0.2, 0.25) is 0 Å². The van der Waals surface area contributed by atoms with Gasteiger partial charge in [-0.2, -0.15) is 0 Å². The van der Waals surface area contributed by atoms with Gasteiger partial charge in [0.25, 0.3) is 0 Å². The number of allylic oxidation sites excluding steroid dienone is 4. The summed E-state index contributed by atoms with van der Waals surface area (Å²) in [6.45, 7) is 0. The summed E-state index contributed by atoms with van der Waals surface area (Å²) < 4.78 is 1.58. The fourth-order valence-electron chi connectivity index (χ4n) is 0.888. The van der Waals surface area contributed by atoms with Gasteiger partial charge in [-0.15, -0.1) is 0 Å². The molecule has 0 amide bonds. The van der Waals surface area contributed by atoms with Crippen LogP contribution in [0.25, 0.3) is 0 Å². The van der Waals surface area contributed by atoms with Crippen molar-refractivity contribution >= 4 is 0 Å². The Kier molecular flexibility index (Phi) is 3.22. The quantitative estimate of drug-likeness (QED) is 0.603. The van der Waals surface area contributed by atoms with Crippen LogP contribution in [0.2, 0.25) is 0 Å². The molecular weight excluding hydrogens is 286 g/mol. The second-order valence-electron chi connectivity index (χ2n) is 2.22. The average molecular weight is 297 g/mol. The van der Waals surface area contributed by atoms with Crippen molar-refractivity contribution in [1.29, 1.82) is 0 Å². The molecule has 0 saturated heterocycles. The van der Waals surface area contributed by atoms with E-state index in [1.54, 1.807) is 4.13 Å². The van der Waals surface area contributed by atoms with E-state index in [1.807, 2.05) is 18.6 Å². The molecule has 0 nitrogen and oxygen atoms in total. The fraction of sp³-hybridized carbons (Fsp3) is 0.500. The van der Waals surface area contributed by atoms with Crippen LogP contribution in [0.4, 0.5) is 0 Å². The summed E-state index contributed by atoms with van der Waals surface area (Å²) in [4.78, 5) is 0. The van der Waals surface area contributed by atoms with E-state index >= 15 is 0 Å². The molecule has 0 radical (unpaired) electrons. The Hall–Kier alpha value is 0.116. The molecule has 0 aliphatic heterocycles. The van der Waals surface area contributed by atoms with Gasteiger partial charge in [-0.1, -0.05) is 0 Å². The second-order valence-corrected chi connectivity index (χ2v) is 3.85. The maximum absolute atomic E-state index is 2.36. The molecule has 0 saturated carbocycles. The molecule has 0 aromatic rings. The fourth-order valence-corrected chi connectivity index (χ4v) is 1.62. The zero-order valence-corrected chi connectivity index (χ0v) is 7.95. The van der Waals surface area contributed by atoms with Crippen molar-refractivity contribution in [2.24, 2.45) is 0 Å². The first-order valence-corrected chi connectivity index (χ1v) is 4.65. The first kappa shape index (κ1) is 7.23. The van der Waals surface area contributed by atoms with Crippen molar-refractivity contribution < 1.29 is 18.6 Å². The van der Waals surface area contributed by atoms with Gasteiger partial charge in [-0.25, -0.2) is 0 Å². The standard InChI is InChI=1S/C8H11.Os/c1-2-4-6-8-7-5-3-1;/h1-2,7H,3-6H2;. The van der Waals surface area contributed by atoms with Gasteiger partial charge >= 0.3 is 66.6 Å². The molecule has 0 bridgehead atoms. The zero-order chi connectivity index (χ0) is 6.53. The Bertz CT molecular complexity index is 134. The number of hydrogen-bond acceptors (Lipinski definition) is 0. The van der Waals surface area contributed by atoms with Crippen LogP contribution in [0.3, 0.4) is 0 Å². The van der Waals surface area contributed by atoms with Crippen LogP contribution < -0.4 is 0 Å². The number of hydrogen-bond donors (Lipinski definition) is 0. The molecule has 0 spiro atoms. The molecule has 0 heterocycles. The molecule has 0 unspecified atom stereocenters. The van der Waals surface area contributed by atoms with Crippen molar-refractivity contribution in [2.75, 3.05) is 0 Å². The molecule has 1 heteroatoms. The van der Waals surface area contributed by atoms with E-state index in [0.29, 0.717) is 0 Å². The molecule has 0 fully saturated rings. The summed E-state index contributed by atoms with van der Waals surface area (Å²) in [5.41, 5.74) is 0. The van der Waals surface area contributed by atoms with Crippen molar-refractivity contribution in [3.63, 3.8) is 0 Å². The van der Waals surface area contributed by atoms with Crippen LogP contribution in [0.1, 0.15) is 25.7 Å². The Morgan fingerprint density at radius 1 is 1.11 bits per heavy atom. The summed E-state index contributed by atoms with van der Waals surface area (Å²) in [5, 5.41) is 0. The van der Waals surface area contributed by atoms with Crippen LogP contribution >= 0.6 is 0 Å². The predicted octanol–water partition coefficient (Wildman–Crippen LogP) is 2.55. The van der Waals surface area contributed by atoms with E-state index < -0.39 is 0 Å². The number of rotatable bonds is 0. The summed E-state index contributed by atoms with van der Waals surface area (Å²) >= 11 is 2.03. The summed E-state index contributed by atoms with van der Waals surface area (Å²) in [6.07, 6.45) is 11.9. The van der Waals surface area contributed by atoms with Crippen molar-refractivity contribution in [3.05, 3.63) is 22.4 Å². The monoisotopic (exact) mass is 299 g/mol. The van der Waals surface area contributed by atoms with Crippen molar-refractivity contribution in [1.82, 2.24) is 0 Å². The molecule has 1 aliphatic rings. The summed E-state index contributed by atoms with van der Waals surface area (Å²) in [7, 11) is 0. The minimum absolute atomic E-state index is 1.24. The Balaban J connectivity index is 2.41. The third kappa shape index (κ3) is 2.97. The van der Waals surface area contributed by atoms with Gasteiger partial charge in [0.1, 0.15) is 0 Å². The van der Waals surface area contributed by atoms with Crippen LogP contribution in [0.15, 0.2) is 22.4 Å². The van der Waals surface area contributed by atoms with Gasteiger partial charge in [0, 0.05) is 0 Å². The maximum atomic E-state index is 2.36. The van der Waals surface area contributed by atoms with E-state index in [0.717, 1.165) is 0 Å². The topological polar surface area (TPSA) is 0 Å². The van der Waals surface area contributed by atoms with Gasteiger partial charge < -0.3 is 0 Å². The molecular formula is C8H11Os. The molecule has 1 aliphatic carbocycles. The van der Waals surface area contributed by atoms with Gasteiger partial charge in [-0.05, 0) is 0 Å². The Morgan fingerprint density at radius 3 is 2.78 bits per heavy atom. The average Bonchev–Trinajstić information content (AvgIpc) is 1.79. The predicted molar refractivity (Wildman–Crippen MR) is 35.7 cm³/mol. The van der Waals surface area contributed by atoms with E-state index in [-0.39, 0.29) is 0 Å². The first-order chi connectivity index (χ1) is 4.39. The molecule has 51 valence electrons. The van der Waals surface area contributed by atoms with Crippen LogP contribution in [0.5, 0.6) is 0 Å². The van der Waals surface area contributed by atoms with Crippen molar-refractivity contribution in [3.8, 4) is 0 Å². The minimum atomic E-state index is 1.24. The molecule has 9 heavy (non-hydrogen) atoms. The Labute approximate surface area is 66.9 Å². The van der Waals surface area contributed by atoms with Gasteiger partial charge in [0.15, 0.2) is 0 Å². The van der Waals surface area contributed by atoms with Gasteiger partial charge in [0.05, 0.1) is 0 Å². The molecule has 1 rings (SSSR count). The van der Waals surface area contributed by atoms with Gasteiger partial charge in [-0.3, -0.25) is 0 Å². The third-order valence-corrected chi connectivity index (χ3v) is 2.56. The summed E-state index contributed by atoms with van der Waals surface area (Å²) in [5.74, 6) is 0.